The first-order valence-electron chi connectivity index (χ1n) is 8.80. The van der Waals surface area contributed by atoms with Crippen molar-refractivity contribution in [3.8, 4) is 0 Å². The molecule has 27 heavy (non-hydrogen) atoms. The maximum absolute atomic E-state index is 12.3. The van der Waals surface area contributed by atoms with E-state index in [4.69, 9.17) is 5.73 Å². The zero-order valence-corrected chi connectivity index (χ0v) is 16.7. The van der Waals surface area contributed by atoms with Gasteiger partial charge in [-0.1, -0.05) is 25.1 Å². The van der Waals surface area contributed by atoms with Gasteiger partial charge in [-0.3, -0.25) is 9.59 Å². The molecule has 1 atom stereocenters. The molecule has 1 aliphatic carbocycles. The van der Waals surface area contributed by atoms with E-state index in [2.05, 4.69) is 12.2 Å². The van der Waals surface area contributed by atoms with Gasteiger partial charge in [0.25, 0.3) is 5.91 Å². The minimum absolute atomic E-state index is 0.186. The number of carbonyl (C=O) groups excluding carboxylic acids is 2. The van der Waals surface area contributed by atoms with Crippen LogP contribution < -0.4 is 11.1 Å². The summed E-state index contributed by atoms with van der Waals surface area (Å²) >= 11 is 1.37. The summed E-state index contributed by atoms with van der Waals surface area (Å²) in [4.78, 5) is 25.5. The van der Waals surface area contributed by atoms with Gasteiger partial charge >= 0.3 is 0 Å². The van der Waals surface area contributed by atoms with E-state index in [-0.39, 0.29) is 17.1 Å². The predicted molar refractivity (Wildman–Crippen MR) is 106 cm³/mol. The Hall–Kier alpha value is -2.19. The van der Waals surface area contributed by atoms with Crippen LogP contribution in [0.15, 0.2) is 35.2 Å². The molecule has 1 aromatic heterocycles. The van der Waals surface area contributed by atoms with Gasteiger partial charge in [-0.25, -0.2) is 8.42 Å². The maximum atomic E-state index is 12.3. The van der Waals surface area contributed by atoms with Crippen LogP contribution in [0.3, 0.4) is 0 Å². The molecule has 0 spiro atoms. The average molecular weight is 407 g/mol. The van der Waals surface area contributed by atoms with Crippen LogP contribution in [0.5, 0.6) is 0 Å². The lowest BCUT2D eigenvalue weighted by Crippen LogP contribution is -2.20. The first kappa shape index (κ1) is 19.6. The Morgan fingerprint density at radius 1 is 1.26 bits per heavy atom. The van der Waals surface area contributed by atoms with Crippen LogP contribution in [0.4, 0.5) is 5.00 Å². The zero-order chi connectivity index (χ0) is 19.6. The number of thiophene rings is 1. The minimum atomic E-state index is -3.53. The normalized spacial score (nSPS) is 16.6. The second kappa shape index (κ2) is 7.82. The van der Waals surface area contributed by atoms with E-state index in [1.54, 1.807) is 18.2 Å². The third-order valence-electron chi connectivity index (χ3n) is 4.71. The van der Waals surface area contributed by atoms with E-state index in [1.807, 2.05) is 0 Å². The van der Waals surface area contributed by atoms with Crippen molar-refractivity contribution in [1.82, 2.24) is 0 Å². The van der Waals surface area contributed by atoms with Crippen LogP contribution in [-0.2, 0) is 27.5 Å². The Kier molecular flexibility index (Phi) is 5.67. The second-order valence-electron chi connectivity index (χ2n) is 6.85. The quantitative estimate of drug-likeness (QED) is 0.769. The molecule has 0 radical (unpaired) electrons. The molecule has 6 nitrogen and oxygen atoms in total. The van der Waals surface area contributed by atoms with Crippen molar-refractivity contribution in [1.29, 1.82) is 0 Å². The molecule has 0 saturated carbocycles. The number of carbonyl (C=O) groups is 2. The standard InChI is InChI=1S/C19H22N2O4S2/c1-12-7-8-14-15(11-12)26-19(17(14)18(20)23)21-16(22)9-10-27(24,25)13-5-3-2-4-6-13/h2-6,12H,7-11H2,1H3,(H2,20,23)(H,21,22)/t12-/m1/s1. The first-order chi connectivity index (χ1) is 12.8. The number of fused-ring (bicyclic) bond motifs is 1. The maximum Gasteiger partial charge on any atom is 0.251 e. The Balaban J connectivity index is 1.72. The summed E-state index contributed by atoms with van der Waals surface area (Å²) in [5.74, 6) is -0.772. The van der Waals surface area contributed by atoms with Crippen molar-refractivity contribution in [3.05, 3.63) is 46.3 Å². The molecule has 3 rings (SSSR count). The summed E-state index contributed by atoms with van der Waals surface area (Å²) in [6, 6.07) is 8.03. The molecule has 8 heteroatoms. The van der Waals surface area contributed by atoms with E-state index in [0.717, 1.165) is 29.7 Å². The van der Waals surface area contributed by atoms with Crippen molar-refractivity contribution in [2.45, 2.75) is 37.5 Å². The van der Waals surface area contributed by atoms with Gasteiger partial charge in [0.1, 0.15) is 5.00 Å². The van der Waals surface area contributed by atoms with E-state index in [0.29, 0.717) is 16.5 Å². The lowest BCUT2D eigenvalue weighted by Gasteiger charge is -2.18. The molecule has 2 amide bonds. The summed E-state index contributed by atoms with van der Waals surface area (Å²) < 4.78 is 24.6. The molecule has 2 aromatic rings. The highest BCUT2D eigenvalue weighted by atomic mass is 32.2. The van der Waals surface area contributed by atoms with Crippen LogP contribution >= 0.6 is 11.3 Å². The first-order valence-corrected chi connectivity index (χ1v) is 11.3. The van der Waals surface area contributed by atoms with Crippen molar-refractivity contribution in [2.75, 3.05) is 11.1 Å². The van der Waals surface area contributed by atoms with Crippen LogP contribution in [0.2, 0.25) is 0 Å². The van der Waals surface area contributed by atoms with Crippen molar-refractivity contribution in [2.24, 2.45) is 11.7 Å². The number of nitrogens with two attached hydrogens (primary N) is 1. The molecule has 1 aliphatic rings. The van der Waals surface area contributed by atoms with Gasteiger partial charge in [0, 0.05) is 11.3 Å². The minimum Gasteiger partial charge on any atom is -0.365 e. The summed E-state index contributed by atoms with van der Waals surface area (Å²) in [6.45, 7) is 2.15. The average Bonchev–Trinajstić information content (AvgIpc) is 2.97. The molecule has 0 unspecified atom stereocenters. The number of hydrogen-bond acceptors (Lipinski definition) is 5. The van der Waals surface area contributed by atoms with Crippen LogP contribution in [0.25, 0.3) is 0 Å². The summed E-state index contributed by atoms with van der Waals surface area (Å²) in [6.07, 6.45) is 2.42. The topological polar surface area (TPSA) is 106 Å². The highest BCUT2D eigenvalue weighted by Crippen LogP contribution is 2.39. The summed E-state index contributed by atoms with van der Waals surface area (Å²) in [5.41, 5.74) is 6.84. The molecule has 1 aromatic carbocycles. The SMILES string of the molecule is C[C@@H]1CCc2c(sc(NC(=O)CCS(=O)(=O)c3ccccc3)c2C(N)=O)C1. The Morgan fingerprint density at radius 3 is 2.63 bits per heavy atom. The number of hydrogen-bond donors (Lipinski definition) is 2. The number of rotatable bonds is 6. The van der Waals surface area contributed by atoms with Gasteiger partial charge in [0.15, 0.2) is 9.84 Å². The number of benzene rings is 1. The van der Waals surface area contributed by atoms with E-state index in [9.17, 15) is 18.0 Å². The highest BCUT2D eigenvalue weighted by molar-refractivity contribution is 7.91. The highest BCUT2D eigenvalue weighted by Gasteiger charge is 2.27. The monoisotopic (exact) mass is 406 g/mol. The number of nitrogens with one attached hydrogen (secondary N) is 1. The molecular formula is C19H22N2O4S2. The smallest absolute Gasteiger partial charge is 0.251 e. The van der Waals surface area contributed by atoms with Gasteiger partial charge < -0.3 is 11.1 Å². The molecule has 1 heterocycles. The fraction of sp³-hybridized carbons (Fsp3) is 0.368. The van der Waals surface area contributed by atoms with Gasteiger partial charge in [-0.05, 0) is 42.9 Å². The lowest BCUT2D eigenvalue weighted by atomic mass is 9.88. The lowest BCUT2D eigenvalue weighted by molar-refractivity contribution is -0.115. The van der Waals surface area contributed by atoms with Crippen molar-refractivity contribution >= 4 is 38.0 Å². The predicted octanol–water partition coefficient (Wildman–Crippen LogP) is 2.77. The number of amides is 2. The third-order valence-corrected chi connectivity index (χ3v) is 7.61. The van der Waals surface area contributed by atoms with E-state index < -0.39 is 21.7 Å². The fourth-order valence-corrected chi connectivity index (χ4v) is 5.96. The van der Waals surface area contributed by atoms with Crippen molar-refractivity contribution < 1.29 is 18.0 Å². The molecule has 0 bridgehead atoms. The van der Waals surface area contributed by atoms with Crippen LogP contribution in [0, 0.1) is 5.92 Å². The Morgan fingerprint density at radius 2 is 1.96 bits per heavy atom. The van der Waals surface area contributed by atoms with E-state index in [1.165, 1.54) is 23.5 Å². The third kappa shape index (κ3) is 4.39. The second-order valence-corrected chi connectivity index (χ2v) is 10.1. The van der Waals surface area contributed by atoms with Gasteiger partial charge in [-0.15, -0.1) is 11.3 Å². The van der Waals surface area contributed by atoms with Gasteiger partial charge in [-0.2, -0.15) is 0 Å². The van der Waals surface area contributed by atoms with Gasteiger partial charge in [0.2, 0.25) is 5.91 Å². The molecular weight excluding hydrogens is 384 g/mol. The Labute approximate surface area is 162 Å². The summed E-state index contributed by atoms with van der Waals surface area (Å²) in [5, 5.41) is 3.14. The molecule has 0 saturated heterocycles. The number of sulfone groups is 1. The molecule has 3 N–H and O–H groups in total. The number of anilines is 1. The zero-order valence-electron chi connectivity index (χ0n) is 15.0. The van der Waals surface area contributed by atoms with E-state index >= 15 is 0 Å². The largest absolute Gasteiger partial charge is 0.365 e. The van der Waals surface area contributed by atoms with Crippen molar-refractivity contribution in [3.63, 3.8) is 0 Å². The van der Waals surface area contributed by atoms with Gasteiger partial charge in [0.05, 0.1) is 16.2 Å². The van der Waals surface area contributed by atoms with Crippen LogP contribution in [-0.4, -0.2) is 26.0 Å². The summed E-state index contributed by atoms with van der Waals surface area (Å²) in [7, 11) is -3.53. The molecule has 0 fully saturated rings. The molecule has 144 valence electrons. The number of primary amides is 1. The van der Waals surface area contributed by atoms with Crippen LogP contribution in [0.1, 0.15) is 40.6 Å². The fourth-order valence-electron chi connectivity index (χ4n) is 3.26. The molecule has 0 aliphatic heterocycles. The Bertz CT molecular complexity index is 965.